The van der Waals surface area contributed by atoms with E-state index >= 15 is 0 Å². The molecule has 7 nitrogen and oxygen atoms in total. The van der Waals surface area contributed by atoms with E-state index in [1.165, 1.54) is 12.3 Å². The lowest BCUT2D eigenvalue weighted by Crippen LogP contribution is -2.38. The zero-order chi connectivity index (χ0) is 23.1. The van der Waals surface area contributed by atoms with Crippen LogP contribution in [-0.4, -0.2) is 24.3 Å². The third-order valence-corrected chi connectivity index (χ3v) is 4.71. The van der Waals surface area contributed by atoms with E-state index in [1.807, 2.05) is 32.9 Å². The first-order valence-corrected chi connectivity index (χ1v) is 10.1. The summed E-state index contributed by atoms with van der Waals surface area (Å²) in [5.41, 5.74) is 4.07. The van der Waals surface area contributed by atoms with Crippen LogP contribution < -0.4 is 16.0 Å². The summed E-state index contributed by atoms with van der Waals surface area (Å²) >= 11 is 0. The molecule has 0 bridgehead atoms. The largest absolute Gasteiger partial charge is 0.465 e. The van der Waals surface area contributed by atoms with Crippen LogP contribution in [0.25, 0.3) is 6.08 Å². The van der Waals surface area contributed by atoms with E-state index < -0.39 is 11.8 Å². The van der Waals surface area contributed by atoms with Gasteiger partial charge in [-0.05, 0) is 56.2 Å². The zero-order valence-corrected chi connectivity index (χ0v) is 18.2. The summed E-state index contributed by atoms with van der Waals surface area (Å²) in [6, 6.07) is 15.8. The summed E-state index contributed by atoms with van der Waals surface area (Å²) in [6.07, 6.45) is 2.86. The second-order valence-electron chi connectivity index (χ2n) is 7.40. The predicted octanol–water partition coefficient (Wildman–Crippen LogP) is 3.73. The van der Waals surface area contributed by atoms with Gasteiger partial charge in [-0.15, -0.1) is 0 Å². The maximum absolute atomic E-state index is 12.8. The van der Waals surface area contributed by atoms with Crippen molar-refractivity contribution >= 4 is 29.5 Å². The van der Waals surface area contributed by atoms with Crippen LogP contribution in [0.5, 0.6) is 0 Å². The monoisotopic (exact) mass is 431 g/mol. The molecule has 32 heavy (non-hydrogen) atoms. The quantitative estimate of drug-likeness (QED) is 0.496. The second-order valence-corrected chi connectivity index (χ2v) is 7.40. The molecular weight excluding hydrogens is 406 g/mol. The molecule has 1 heterocycles. The second kappa shape index (κ2) is 10.3. The van der Waals surface area contributed by atoms with Crippen molar-refractivity contribution in [1.29, 1.82) is 0 Å². The highest BCUT2D eigenvalue weighted by Gasteiger charge is 2.17. The number of anilines is 1. The van der Waals surface area contributed by atoms with Crippen molar-refractivity contribution in [2.75, 3.05) is 11.9 Å². The molecule has 3 aromatic rings. The lowest BCUT2D eigenvalue weighted by molar-refractivity contribution is -0.121. The molecule has 3 rings (SSSR count). The van der Waals surface area contributed by atoms with Crippen LogP contribution in [0.15, 0.2) is 71.0 Å². The fourth-order valence-corrected chi connectivity index (χ4v) is 3.27. The molecule has 0 saturated heterocycles. The Morgan fingerprint density at radius 3 is 2.25 bits per heavy atom. The van der Waals surface area contributed by atoms with Gasteiger partial charge in [-0.25, -0.2) is 0 Å². The Morgan fingerprint density at radius 1 is 0.938 bits per heavy atom. The van der Waals surface area contributed by atoms with E-state index in [-0.39, 0.29) is 18.1 Å². The molecule has 3 N–H and O–H groups in total. The van der Waals surface area contributed by atoms with Gasteiger partial charge in [0, 0.05) is 17.3 Å². The third kappa shape index (κ3) is 5.95. The van der Waals surface area contributed by atoms with Crippen LogP contribution in [0.2, 0.25) is 0 Å². The van der Waals surface area contributed by atoms with E-state index in [0.717, 1.165) is 22.4 Å². The molecule has 2 aromatic carbocycles. The molecule has 1 aromatic heterocycles. The average Bonchev–Trinajstić information content (AvgIpc) is 3.28. The van der Waals surface area contributed by atoms with Crippen LogP contribution in [-0.2, 0) is 9.59 Å². The lowest BCUT2D eigenvalue weighted by atomic mass is 10.1. The van der Waals surface area contributed by atoms with Gasteiger partial charge in [0.15, 0.2) is 0 Å². The first-order chi connectivity index (χ1) is 15.3. The van der Waals surface area contributed by atoms with Gasteiger partial charge in [-0.3, -0.25) is 14.4 Å². The molecule has 3 amide bonds. The molecular formula is C25H25N3O4. The number of hydrogen-bond acceptors (Lipinski definition) is 4. The maximum atomic E-state index is 12.8. The standard InChI is InChI=1S/C25H25N3O4/c1-16-12-17(2)23(18(3)13-16)28-22(29)15-26-25(31)21(14-20-10-7-11-32-20)27-24(30)19-8-5-4-6-9-19/h4-14H,15H2,1-3H3,(H,26,31)(H,27,30)(H,28,29). The predicted molar refractivity (Wildman–Crippen MR) is 123 cm³/mol. The van der Waals surface area contributed by atoms with Gasteiger partial charge in [0.05, 0.1) is 12.8 Å². The highest BCUT2D eigenvalue weighted by atomic mass is 16.3. The normalized spacial score (nSPS) is 11.0. The van der Waals surface area contributed by atoms with Crippen molar-refractivity contribution in [2.24, 2.45) is 0 Å². The van der Waals surface area contributed by atoms with E-state index in [4.69, 9.17) is 4.42 Å². The van der Waals surface area contributed by atoms with Crippen molar-refractivity contribution in [3.63, 3.8) is 0 Å². The van der Waals surface area contributed by atoms with Gasteiger partial charge in [0.1, 0.15) is 11.5 Å². The SMILES string of the molecule is Cc1cc(C)c(NC(=O)CNC(=O)C(=Cc2ccco2)NC(=O)c2ccccc2)c(C)c1. The molecule has 0 spiro atoms. The highest BCUT2D eigenvalue weighted by molar-refractivity contribution is 6.06. The van der Waals surface area contributed by atoms with Crippen LogP contribution in [0, 0.1) is 20.8 Å². The van der Waals surface area contributed by atoms with E-state index in [2.05, 4.69) is 16.0 Å². The van der Waals surface area contributed by atoms with E-state index in [1.54, 1.807) is 42.5 Å². The number of carbonyl (C=O) groups excluding carboxylic acids is 3. The molecule has 0 atom stereocenters. The number of benzene rings is 2. The summed E-state index contributed by atoms with van der Waals surface area (Å²) in [4.78, 5) is 37.7. The van der Waals surface area contributed by atoms with Crippen molar-refractivity contribution in [3.8, 4) is 0 Å². The number of rotatable bonds is 7. The van der Waals surface area contributed by atoms with Gasteiger partial charge >= 0.3 is 0 Å². The first-order valence-electron chi connectivity index (χ1n) is 10.1. The maximum Gasteiger partial charge on any atom is 0.268 e. The molecule has 0 aliphatic rings. The summed E-state index contributed by atoms with van der Waals surface area (Å²) < 4.78 is 5.26. The summed E-state index contributed by atoms with van der Waals surface area (Å²) in [5.74, 6) is -1.05. The third-order valence-electron chi connectivity index (χ3n) is 4.71. The molecule has 0 saturated carbocycles. The highest BCUT2D eigenvalue weighted by Crippen LogP contribution is 2.21. The fourth-order valence-electron chi connectivity index (χ4n) is 3.27. The number of aryl methyl sites for hydroxylation is 3. The van der Waals surface area contributed by atoms with E-state index in [0.29, 0.717) is 11.3 Å². The minimum atomic E-state index is -0.613. The van der Waals surface area contributed by atoms with Crippen LogP contribution in [0.1, 0.15) is 32.8 Å². The molecule has 0 radical (unpaired) electrons. The minimum Gasteiger partial charge on any atom is -0.465 e. The van der Waals surface area contributed by atoms with Gasteiger partial charge in [0.25, 0.3) is 11.8 Å². The van der Waals surface area contributed by atoms with Gasteiger partial charge in [-0.2, -0.15) is 0 Å². The number of carbonyl (C=O) groups is 3. The summed E-state index contributed by atoms with van der Waals surface area (Å²) in [6.45, 7) is 5.56. The van der Waals surface area contributed by atoms with Gasteiger partial charge < -0.3 is 20.4 Å². The molecule has 7 heteroatoms. The first kappa shape index (κ1) is 22.6. The van der Waals surface area contributed by atoms with Crippen molar-refractivity contribution in [3.05, 3.63) is 94.6 Å². The Labute approximate surface area is 186 Å². The number of nitrogens with one attached hydrogen (secondary N) is 3. The van der Waals surface area contributed by atoms with Gasteiger partial charge in [-0.1, -0.05) is 35.9 Å². The molecule has 0 aliphatic heterocycles. The van der Waals surface area contributed by atoms with Crippen LogP contribution in [0.4, 0.5) is 5.69 Å². The summed E-state index contributed by atoms with van der Waals surface area (Å²) in [7, 11) is 0. The Morgan fingerprint density at radius 2 is 1.62 bits per heavy atom. The Hall–Kier alpha value is -4.13. The van der Waals surface area contributed by atoms with Gasteiger partial charge in [0.2, 0.25) is 5.91 Å². The van der Waals surface area contributed by atoms with Crippen LogP contribution >= 0.6 is 0 Å². The Balaban J connectivity index is 1.69. The van der Waals surface area contributed by atoms with Crippen LogP contribution in [0.3, 0.4) is 0 Å². The Bertz CT molecular complexity index is 1130. The topological polar surface area (TPSA) is 100 Å². The van der Waals surface area contributed by atoms with Crippen molar-refractivity contribution in [2.45, 2.75) is 20.8 Å². The number of amides is 3. The molecule has 0 aliphatic carbocycles. The zero-order valence-electron chi connectivity index (χ0n) is 18.2. The molecule has 0 fully saturated rings. The number of hydrogen-bond donors (Lipinski definition) is 3. The Kier molecular flexibility index (Phi) is 7.23. The van der Waals surface area contributed by atoms with Crippen molar-refractivity contribution in [1.82, 2.24) is 10.6 Å². The molecule has 164 valence electrons. The van der Waals surface area contributed by atoms with Crippen molar-refractivity contribution < 1.29 is 18.8 Å². The summed E-state index contributed by atoms with van der Waals surface area (Å²) in [5, 5.41) is 7.97. The smallest absolute Gasteiger partial charge is 0.268 e. The lowest BCUT2D eigenvalue weighted by Gasteiger charge is -2.14. The van der Waals surface area contributed by atoms with E-state index in [9.17, 15) is 14.4 Å². The number of furan rings is 1. The average molecular weight is 431 g/mol. The minimum absolute atomic E-state index is 0.0377. The fraction of sp³-hybridized carbons (Fsp3) is 0.160. The molecule has 0 unspecified atom stereocenters.